The number of carbonyl (C=O) groups excluding carboxylic acids is 2. The number of aromatic nitrogens is 2. The number of halogens is 1. The molecule has 7 nitrogen and oxygen atoms in total. The van der Waals surface area contributed by atoms with Gasteiger partial charge in [-0.3, -0.25) is 9.59 Å². The SMILES string of the molecule is CSCC1CN(C(=O)c2nc(-c3ccc(F)cc3)no2)C(CC(C)C)C(=O)N1. The van der Waals surface area contributed by atoms with Crippen molar-refractivity contribution in [2.24, 2.45) is 5.92 Å². The summed E-state index contributed by atoms with van der Waals surface area (Å²) in [7, 11) is 0. The zero-order valence-corrected chi connectivity index (χ0v) is 16.8. The van der Waals surface area contributed by atoms with E-state index in [9.17, 15) is 14.0 Å². The molecule has 2 heterocycles. The normalized spacial score (nSPS) is 19.8. The smallest absolute Gasteiger partial charge is 0.316 e. The third-order valence-electron chi connectivity index (χ3n) is 4.48. The lowest BCUT2D eigenvalue weighted by molar-refractivity contribution is -0.129. The molecule has 28 heavy (non-hydrogen) atoms. The van der Waals surface area contributed by atoms with E-state index in [1.54, 1.807) is 11.8 Å². The highest BCUT2D eigenvalue weighted by molar-refractivity contribution is 7.98. The van der Waals surface area contributed by atoms with Gasteiger partial charge in [-0.15, -0.1) is 0 Å². The lowest BCUT2D eigenvalue weighted by Gasteiger charge is -2.39. The molecular weight excluding hydrogens is 383 g/mol. The van der Waals surface area contributed by atoms with E-state index in [1.807, 2.05) is 20.1 Å². The third kappa shape index (κ3) is 4.52. The molecule has 0 bridgehead atoms. The van der Waals surface area contributed by atoms with Gasteiger partial charge in [0.2, 0.25) is 11.7 Å². The maximum atomic E-state index is 13.1. The molecule has 1 N–H and O–H groups in total. The van der Waals surface area contributed by atoms with Crippen LogP contribution < -0.4 is 5.32 Å². The molecule has 1 aliphatic rings. The van der Waals surface area contributed by atoms with E-state index in [2.05, 4.69) is 15.5 Å². The van der Waals surface area contributed by atoms with Gasteiger partial charge in [-0.25, -0.2) is 4.39 Å². The predicted octanol–water partition coefficient (Wildman–Crippen LogP) is 2.59. The molecule has 150 valence electrons. The molecule has 2 atom stereocenters. The fourth-order valence-electron chi connectivity index (χ4n) is 3.20. The first kappa shape index (κ1) is 20.3. The van der Waals surface area contributed by atoms with Crippen LogP contribution in [-0.4, -0.2) is 57.5 Å². The van der Waals surface area contributed by atoms with Gasteiger partial charge in [-0.2, -0.15) is 16.7 Å². The van der Waals surface area contributed by atoms with Crippen molar-refractivity contribution in [2.75, 3.05) is 18.6 Å². The number of nitrogens with one attached hydrogen (secondary N) is 1. The van der Waals surface area contributed by atoms with E-state index in [-0.39, 0.29) is 35.4 Å². The Morgan fingerprint density at radius 1 is 1.39 bits per heavy atom. The van der Waals surface area contributed by atoms with Gasteiger partial charge >= 0.3 is 11.8 Å². The average Bonchev–Trinajstić information content (AvgIpc) is 3.14. The van der Waals surface area contributed by atoms with Crippen molar-refractivity contribution in [3.63, 3.8) is 0 Å². The van der Waals surface area contributed by atoms with Crippen molar-refractivity contribution < 1.29 is 18.5 Å². The van der Waals surface area contributed by atoms with E-state index in [0.29, 0.717) is 24.3 Å². The van der Waals surface area contributed by atoms with Gasteiger partial charge in [0, 0.05) is 17.9 Å². The van der Waals surface area contributed by atoms with E-state index >= 15 is 0 Å². The molecule has 0 aliphatic carbocycles. The minimum atomic E-state index is -0.577. The summed E-state index contributed by atoms with van der Waals surface area (Å²) in [5.74, 6) is -0.0382. The summed E-state index contributed by atoms with van der Waals surface area (Å²) in [5, 5.41) is 6.82. The number of thioether (sulfide) groups is 1. The summed E-state index contributed by atoms with van der Waals surface area (Å²) in [5.41, 5.74) is 0.541. The Bertz CT molecular complexity index is 840. The summed E-state index contributed by atoms with van der Waals surface area (Å²) >= 11 is 1.60. The molecule has 1 fully saturated rings. The number of hydrogen-bond acceptors (Lipinski definition) is 6. The molecule has 2 aromatic rings. The average molecular weight is 406 g/mol. The minimum Gasteiger partial charge on any atom is -0.349 e. The molecule has 0 radical (unpaired) electrons. The van der Waals surface area contributed by atoms with Crippen LogP contribution in [0.4, 0.5) is 4.39 Å². The van der Waals surface area contributed by atoms with Gasteiger partial charge in [0.25, 0.3) is 0 Å². The molecule has 0 saturated carbocycles. The van der Waals surface area contributed by atoms with Crippen molar-refractivity contribution in [1.82, 2.24) is 20.4 Å². The quantitative estimate of drug-likeness (QED) is 0.793. The van der Waals surface area contributed by atoms with Gasteiger partial charge in [0.1, 0.15) is 11.9 Å². The number of rotatable bonds is 6. The largest absolute Gasteiger partial charge is 0.349 e. The van der Waals surface area contributed by atoms with E-state index in [0.717, 1.165) is 0 Å². The summed E-state index contributed by atoms with van der Waals surface area (Å²) < 4.78 is 18.3. The second kappa shape index (κ2) is 8.72. The van der Waals surface area contributed by atoms with Gasteiger partial charge in [0.05, 0.1) is 6.04 Å². The van der Waals surface area contributed by atoms with Crippen LogP contribution in [0, 0.1) is 11.7 Å². The Hall–Kier alpha value is -2.42. The monoisotopic (exact) mass is 406 g/mol. The topological polar surface area (TPSA) is 88.3 Å². The first-order chi connectivity index (χ1) is 13.4. The number of hydrogen-bond donors (Lipinski definition) is 1. The number of piperazine rings is 1. The number of benzene rings is 1. The second-order valence-corrected chi connectivity index (χ2v) is 8.10. The highest BCUT2D eigenvalue weighted by Gasteiger charge is 2.39. The van der Waals surface area contributed by atoms with Crippen molar-refractivity contribution in [2.45, 2.75) is 32.4 Å². The highest BCUT2D eigenvalue weighted by Crippen LogP contribution is 2.22. The Morgan fingerprint density at radius 2 is 2.11 bits per heavy atom. The van der Waals surface area contributed by atoms with E-state index < -0.39 is 11.9 Å². The Morgan fingerprint density at radius 3 is 2.75 bits per heavy atom. The van der Waals surface area contributed by atoms with Gasteiger partial charge in [-0.05, 0) is 42.9 Å². The highest BCUT2D eigenvalue weighted by atomic mass is 32.2. The second-order valence-electron chi connectivity index (χ2n) is 7.19. The molecule has 1 saturated heterocycles. The standard InChI is InChI=1S/C19H23FN4O3S/c1-11(2)8-15-17(25)21-14(10-28-3)9-24(15)19(26)18-22-16(23-27-18)12-4-6-13(20)7-5-12/h4-7,11,14-15H,8-10H2,1-3H3,(H,21,25). The molecule has 1 aromatic carbocycles. The van der Waals surface area contributed by atoms with E-state index in [4.69, 9.17) is 4.52 Å². The van der Waals surface area contributed by atoms with Crippen molar-refractivity contribution >= 4 is 23.6 Å². The zero-order valence-electron chi connectivity index (χ0n) is 16.0. The van der Waals surface area contributed by atoms with Crippen LogP contribution in [-0.2, 0) is 4.79 Å². The minimum absolute atomic E-state index is 0.130. The third-order valence-corrected chi connectivity index (χ3v) is 5.21. The summed E-state index contributed by atoms with van der Waals surface area (Å²) in [4.78, 5) is 31.4. The first-order valence-corrected chi connectivity index (χ1v) is 10.5. The van der Waals surface area contributed by atoms with Crippen LogP contribution in [0.25, 0.3) is 11.4 Å². The molecule has 3 rings (SSSR count). The van der Waals surface area contributed by atoms with Gasteiger partial charge in [0.15, 0.2) is 0 Å². The number of carbonyl (C=O) groups is 2. The molecule has 0 spiro atoms. The summed E-state index contributed by atoms with van der Waals surface area (Å²) in [6.45, 7) is 4.39. The Balaban J connectivity index is 1.84. The predicted molar refractivity (Wildman–Crippen MR) is 104 cm³/mol. The van der Waals surface area contributed by atoms with Crippen molar-refractivity contribution in [3.05, 3.63) is 36.0 Å². The van der Waals surface area contributed by atoms with Crippen LogP contribution in [0.1, 0.15) is 31.0 Å². The molecule has 9 heteroatoms. The van der Waals surface area contributed by atoms with Crippen LogP contribution in [0.2, 0.25) is 0 Å². The van der Waals surface area contributed by atoms with Crippen LogP contribution >= 0.6 is 11.8 Å². The molecule has 1 aliphatic heterocycles. The maximum absolute atomic E-state index is 13.1. The molecule has 2 amide bonds. The van der Waals surface area contributed by atoms with Crippen LogP contribution in [0.3, 0.4) is 0 Å². The molecule has 1 aromatic heterocycles. The lowest BCUT2D eigenvalue weighted by Crippen LogP contribution is -2.62. The summed E-state index contributed by atoms with van der Waals surface area (Å²) in [6.07, 6.45) is 2.49. The maximum Gasteiger partial charge on any atom is 0.316 e. The van der Waals surface area contributed by atoms with E-state index in [1.165, 1.54) is 29.2 Å². The molecule has 2 unspecified atom stereocenters. The van der Waals surface area contributed by atoms with Gasteiger partial charge < -0.3 is 14.7 Å². The molecular formula is C19H23FN4O3S. The Labute approximate surface area is 167 Å². The number of amides is 2. The Kier molecular flexibility index (Phi) is 6.33. The fraction of sp³-hybridized carbons (Fsp3) is 0.474. The van der Waals surface area contributed by atoms with Crippen molar-refractivity contribution in [1.29, 1.82) is 0 Å². The summed E-state index contributed by atoms with van der Waals surface area (Å²) in [6, 6.07) is 4.89. The first-order valence-electron chi connectivity index (χ1n) is 9.09. The van der Waals surface area contributed by atoms with Crippen LogP contribution in [0.15, 0.2) is 28.8 Å². The zero-order chi connectivity index (χ0) is 20.3. The van der Waals surface area contributed by atoms with Crippen molar-refractivity contribution in [3.8, 4) is 11.4 Å². The number of nitrogens with zero attached hydrogens (tertiary/aromatic N) is 3. The van der Waals surface area contributed by atoms with Gasteiger partial charge in [-0.1, -0.05) is 19.0 Å². The van der Waals surface area contributed by atoms with Crippen LogP contribution in [0.5, 0.6) is 0 Å². The fourth-order valence-corrected chi connectivity index (χ4v) is 3.79. The lowest BCUT2D eigenvalue weighted by atomic mass is 9.98.